The fourth-order valence-corrected chi connectivity index (χ4v) is 3.69. The number of anilines is 1. The van der Waals surface area contributed by atoms with Crippen molar-refractivity contribution in [3.05, 3.63) is 76.4 Å². The predicted molar refractivity (Wildman–Crippen MR) is 122 cm³/mol. The number of rotatable bonds is 6. The quantitative estimate of drug-likeness (QED) is 0.491. The molecule has 0 fully saturated rings. The number of carbonyl (C=O) groups is 1. The van der Waals surface area contributed by atoms with Gasteiger partial charge in [-0.15, -0.1) is 0 Å². The zero-order chi connectivity index (χ0) is 22.0. The number of carbonyl (C=O) groups excluding carboxylic acids is 1. The van der Waals surface area contributed by atoms with Gasteiger partial charge in [-0.2, -0.15) is 0 Å². The zero-order valence-corrected chi connectivity index (χ0v) is 17.9. The van der Waals surface area contributed by atoms with E-state index in [2.05, 4.69) is 10.3 Å². The Morgan fingerprint density at radius 1 is 1.16 bits per heavy atom. The molecule has 2 aromatic carbocycles. The average Bonchev–Trinajstić information content (AvgIpc) is 3.13. The topological polar surface area (TPSA) is 78.2 Å². The molecule has 0 spiro atoms. The molecule has 0 radical (unpaired) electrons. The second kappa shape index (κ2) is 8.65. The Morgan fingerprint density at radius 2 is 1.94 bits per heavy atom. The number of hydrogen-bond acceptors (Lipinski definition) is 4. The molecule has 0 bridgehead atoms. The summed E-state index contributed by atoms with van der Waals surface area (Å²) < 4.78 is 8.45. The van der Waals surface area contributed by atoms with Crippen LogP contribution >= 0.6 is 11.6 Å². The molecule has 0 saturated carbocycles. The molecular formula is C23H21ClN4O3. The SMILES string of the molecule is CCn1cnc2c(-c3ccccc3)cn(CC(=O)Nc3cc(Cl)ccc3OC)c2c1=O. The van der Waals surface area contributed by atoms with E-state index in [4.69, 9.17) is 16.3 Å². The summed E-state index contributed by atoms with van der Waals surface area (Å²) in [5, 5.41) is 3.29. The van der Waals surface area contributed by atoms with Crippen LogP contribution in [-0.2, 0) is 17.9 Å². The molecule has 0 aliphatic heterocycles. The van der Waals surface area contributed by atoms with Gasteiger partial charge in [0.15, 0.2) is 0 Å². The minimum atomic E-state index is -0.316. The number of nitrogens with zero attached hydrogens (tertiary/aromatic N) is 3. The Hall–Kier alpha value is -3.58. The number of nitrogens with one attached hydrogen (secondary N) is 1. The predicted octanol–water partition coefficient (Wildman–Crippen LogP) is 4.19. The number of amides is 1. The van der Waals surface area contributed by atoms with Gasteiger partial charge >= 0.3 is 0 Å². The van der Waals surface area contributed by atoms with Gasteiger partial charge in [0.1, 0.15) is 23.3 Å². The molecule has 31 heavy (non-hydrogen) atoms. The molecule has 0 aliphatic rings. The van der Waals surface area contributed by atoms with Gasteiger partial charge in [0.2, 0.25) is 5.91 Å². The van der Waals surface area contributed by atoms with Crippen molar-refractivity contribution < 1.29 is 9.53 Å². The largest absolute Gasteiger partial charge is 0.495 e. The highest BCUT2D eigenvalue weighted by molar-refractivity contribution is 6.31. The summed E-state index contributed by atoms with van der Waals surface area (Å²) in [4.78, 5) is 30.4. The maximum atomic E-state index is 13.0. The first kappa shape index (κ1) is 20.7. The van der Waals surface area contributed by atoms with E-state index in [1.807, 2.05) is 37.3 Å². The van der Waals surface area contributed by atoms with Crippen LogP contribution in [0.2, 0.25) is 5.02 Å². The van der Waals surface area contributed by atoms with Crippen LogP contribution < -0.4 is 15.6 Å². The number of benzene rings is 2. The Balaban J connectivity index is 1.76. The number of halogens is 1. The van der Waals surface area contributed by atoms with Crippen LogP contribution in [-0.4, -0.2) is 27.1 Å². The van der Waals surface area contributed by atoms with Crippen molar-refractivity contribution in [2.45, 2.75) is 20.0 Å². The lowest BCUT2D eigenvalue weighted by Crippen LogP contribution is -2.24. The van der Waals surface area contributed by atoms with E-state index in [1.165, 1.54) is 11.7 Å². The Morgan fingerprint density at radius 3 is 2.65 bits per heavy atom. The van der Waals surface area contributed by atoms with Crippen molar-refractivity contribution in [3.8, 4) is 16.9 Å². The van der Waals surface area contributed by atoms with E-state index in [-0.39, 0.29) is 18.0 Å². The molecule has 2 heterocycles. The number of aromatic nitrogens is 3. The lowest BCUT2D eigenvalue weighted by Gasteiger charge is -2.11. The molecule has 0 unspecified atom stereocenters. The van der Waals surface area contributed by atoms with Crippen molar-refractivity contribution >= 4 is 34.2 Å². The van der Waals surface area contributed by atoms with Crippen LogP contribution in [0.3, 0.4) is 0 Å². The summed E-state index contributed by atoms with van der Waals surface area (Å²) in [6.45, 7) is 2.29. The molecular weight excluding hydrogens is 416 g/mol. The van der Waals surface area contributed by atoms with Gasteiger partial charge in [-0.1, -0.05) is 41.9 Å². The molecule has 8 heteroatoms. The lowest BCUT2D eigenvalue weighted by atomic mass is 10.1. The second-order valence-corrected chi connectivity index (χ2v) is 7.40. The number of ether oxygens (including phenoxy) is 1. The van der Waals surface area contributed by atoms with E-state index in [9.17, 15) is 9.59 Å². The van der Waals surface area contributed by atoms with Gasteiger partial charge < -0.3 is 14.6 Å². The third-order valence-electron chi connectivity index (χ3n) is 5.02. The van der Waals surface area contributed by atoms with Gasteiger partial charge in [-0.05, 0) is 30.7 Å². The summed E-state index contributed by atoms with van der Waals surface area (Å²) in [6.07, 6.45) is 3.33. The number of fused-ring (bicyclic) bond motifs is 1. The number of aryl methyl sites for hydroxylation is 1. The fourth-order valence-electron chi connectivity index (χ4n) is 3.52. The summed E-state index contributed by atoms with van der Waals surface area (Å²) in [5.74, 6) is 0.179. The van der Waals surface area contributed by atoms with Crippen molar-refractivity contribution in [1.29, 1.82) is 0 Å². The van der Waals surface area contributed by atoms with Crippen LogP contribution in [0.1, 0.15) is 6.92 Å². The molecule has 4 aromatic rings. The average molecular weight is 437 g/mol. The smallest absolute Gasteiger partial charge is 0.277 e. The highest BCUT2D eigenvalue weighted by Crippen LogP contribution is 2.29. The highest BCUT2D eigenvalue weighted by atomic mass is 35.5. The molecule has 0 atom stereocenters. The van der Waals surface area contributed by atoms with Crippen LogP contribution in [0.4, 0.5) is 5.69 Å². The first-order valence-electron chi connectivity index (χ1n) is 9.79. The number of hydrogen-bond donors (Lipinski definition) is 1. The van der Waals surface area contributed by atoms with Crippen molar-refractivity contribution in [3.63, 3.8) is 0 Å². The third-order valence-corrected chi connectivity index (χ3v) is 5.25. The second-order valence-electron chi connectivity index (χ2n) is 6.96. The molecule has 1 amide bonds. The van der Waals surface area contributed by atoms with Crippen molar-refractivity contribution in [2.24, 2.45) is 0 Å². The van der Waals surface area contributed by atoms with Crippen molar-refractivity contribution in [1.82, 2.24) is 14.1 Å². The van der Waals surface area contributed by atoms with E-state index >= 15 is 0 Å². The summed E-state index contributed by atoms with van der Waals surface area (Å²) in [7, 11) is 1.52. The van der Waals surface area contributed by atoms with Gasteiger partial charge in [0.25, 0.3) is 5.56 Å². The van der Waals surface area contributed by atoms with E-state index in [1.54, 1.807) is 35.3 Å². The minimum absolute atomic E-state index is 0.0658. The van der Waals surface area contributed by atoms with Gasteiger partial charge in [0, 0.05) is 23.3 Å². The summed E-state index contributed by atoms with van der Waals surface area (Å²) in [6, 6.07) is 14.6. The Kier molecular flexibility index (Phi) is 5.77. The maximum Gasteiger partial charge on any atom is 0.277 e. The van der Waals surface area contributed by atoms with E-state index in [0.717, 1.165) is 11.1 Å². The normalized spacial score (nSPS) is 10.9. The summed E-state index contributed by atoms with van der Waals surface area (Å²) in [5.41, 5.74) is 2.94. The first-order chi connectivity index (χ1) is 15.0. The maximum absolute atomic E-state index is 13.0. The van der Waals surface area contributed by atoms with Gasteiger partial charge in [0.05, 0.1) is 19.1 Å². The van der Waals surface area contributed by atoms with Crippen LogP contribution in [0.5, 0.6) is 5.75 Å². The van der Waals surface area contributed by atoms with E-state index < -0.39 is 0 Å². The van der Waals surface area contributed by atoms with Crippen LogP contribution in [0, 0.1) is 0 Å². The molecule has 0 aliphatic carbocycles. The molecule has 4 rings (SSSR count). The Labute approximate surface area is 183 Å². The molecule has 1 N–H and O–H groups in total. The first-order valence-corrected chi connectivity index (χ1v) is 10.2. The van der Waals surface area contributed by atoms with Gasteiger partial charge in [-0.25, -0.2) is 4.98 Å². The van der Waals surface area contributed by atoms with Crippen LogP contribution in [0.15, 0.2) is 65.8 Å². The number of methoxy groups -OCH3 is 1. The molecule has 158 valence electrons. The monoisotopic (exact) mass is 436 g/mol. The van der Waals surface area contributed by atoms with Crippen molar-refractivity contribution in [2.75, 3.05) is 12.4 Å². The summed E-state index contributed by atoms with van der Waals surface area (Å²) >= 11 is 6.06. The van der Waals surface area contributed by atoms with Crippen LogP contribution in [0.25, 0.3) is 22.2 Å². The fraction of sp³-hybridized carbons (Fsp3) is 0.174. The zero-order valence-electron chi connectivity index (χ0n) is 17.1. The van der Waals surface area contributed by atoms with E-state index in [0.29, 0.717) is 34.0 Å². The molecule has 2 aromatic heterocycles. The Bertz CT molecular complexity index is 1310. The standard InChI is InChI=1S/C23H21ClN4O3/c1-3-27-14-25-21-17(15-7-5-4-6-8-15)12-28(22(21)23(27)30)13-20(29)26-18-11-16(24)9-10-19(18)31-2/h4-12,14H,3,13H2,1-2H3,(H,26,29). The minimum Gasteiger partial charge on any atom is -0.495 e. The highest BCUT2D eigenvalue weighted by Gasteiger charge is 2.18. The molecule has 7 nitrogen and oxygen atoms in total. The third kappa shape index (κ3) is 4.04. The van der Waals surface area contributed by atoms with Gasteiger partial charge in [-0.3, -0.25) is 14.2 Å². The molecule has 0 saturated heterocycles. The lowest BCUT2D eigenvalue weighted by molar-refractivity contribution is -0.116.